The van der Waals surface area contributed by atoms with Crippen molar-refractivity contribution in [2.45, 2.75) is 77.6 Å². The molecule has 3 rings (SSSR count). The van der Waals surface area contributed by atoms with Crippen molar-refractivity contribution >= 4 is 0 Å². The average molecular weight is 389 g/mol. The standard InChI is InChI=1S/C28H36O/c1-3-5-7-23-10-16-26(17-11-23)27-18-12-24(13-19-27)8-9-25-14-20-28(21-15-25)29-22-6-4-2/h10-11,14-17,20-21,24,27H,3-7,12-13,18-19,22H2,1-2H3. The summed E-state index contributed by atoms with van der Waals surface area (Å²) in [6, 6.07) is 17.7. The summed E-state index contributed by atoms with van der Waals surface area (Å²) >= 11 is 0. The Labute approximate surface area is 177 Å². The lowest BCUT2D eigenvalue weighted by molar-refractivity contribution is 0.309. The van der Waals surface area contributed by atoms with Crippen molar-refractivity contribution in [3.63, 3.8) is 0 Å². The van der Waals surface area contributed by atoms with Gasteiger partial charge < -0.3 is 4.74 Å². The predicted octanol–water partition coefficient (Wildman–Crippen LogP) is 7.53. The van der Waals surface area contributed by atoms with Crippen molar-refractivity contribution < 1.29 is 4.74 Å². The SMILES string of the molecule is CCCCOc1ccc(C#CC2CCC(c3ccc(CCCC)cc3)CC2)cc1. The number of rotatable bonds is 8. The van der Waals surface area contributed by atoms with Gasteiger partial charge in [-0.1, -0.05) is 62.8 Å². The van der Waals surface area contributed by atoms with Gasteiger partial charge in [0, 0.05) is 11.5 Å². The van der Waals surface area contributed by atoms with E-state index in [1.165, 1.54) is 56.1 Å². The maximum absolute atomic E-state index is 5.73. The van der Waals surface area contributed by atoms with Crippen LogP contribution >= 0.6 is 0 Å². The van der Waals surface area contributed by atoms with E-state index in [9.17, 15) is 0 Å². The van der Waals surface area contributed by atoms with Gasteiger partial charge in [0.2, 0.25) is 0 Å². The molecule has 0 aromatic heterocycles. The molecule has 1 fully saturated rings. The summed E-state index contributed by atoms with van der Waals surface area (Å²) in [6.45, 7) is 5.24. The Balaban J connectivity index is 1.46. The Hall–Kier alpha value is -2.20. The highest BCUT2D eigenvalue weighted by Crippen LogP contribution is 2.35. The van der Waals surface area contributed by atoms with Crippen LogP contribution in [0.4, 0.5) is 0 Å². The second-order valence-electron chi connectivity index (χ2n) is 8.39. The molecule has 1 aliphatic rings. The molecular formula is C28H36O. The van der Waals surface area contributed by atoms with Crippen molar-refractivity contribution in [2.24, 2.45) is 5.92 Å². The van der Waals surface area contributed by atoms with Gasteiger partial charge in [0.1, 0.15) is 5.75 Å². The molecule has 0 N–H and O–H groups in total. The van der Waals surface area contributed by atoms with Crippen LogP contribution < -0.4 is 4.74 Å². The zero-order valence-corrected chi connectivity index (χ0v) is 18.3. The van der Waals surface area contributed by atoms with E-state index in [0.29, 0.717) is 11.8 Å². The molecule has 0 saturated heterocycles. The first-order valence-electron chi connectivity index (χ1n) is 11.6. The molecule has 0 unspecified atom stereocenters. The molecule has 1 aliphatic carbocycles. The molecule has 0 radical (unpaired) electrons. The lowest BCUT2D eigenvalue weighted by Crippen LogP contribution is -2.12. The van der Waals surface area contributed by atoms with E-state index in [4.69, 9.17) is 4.74 Å². The van der Waals surface area contributed by atoms with Crippen molar-refractivity contribution in [3.05, 3.63) is 65.2 Å². The van der Waals surface area contributed by atoms with E-state index < -0.39 is 0 Å². The fourth-order valence-electron chi connectivity index (χ4n) is 4.06. The van der Waals surface area contributed by atoms with E-state index in [0.717, 1.165) is 30.8 Å². The fourth-order valence-corrected chi connectivity index (χ4v) is 4.06. The maximum atomic E-state index is 5.73. The topological polar surface area (TPSA) is 9.23 Å². The van der Waals surface area contributed by atoms with Gasteiger partial charge in [-0.15, -0.1) is 0 Å². The fraction of sp³-hybridized carbons (Fsp3) is 0.500. The third kappa shape index (κ3) is 6.97. The molecule has 1 heteroatoms. The average Bonchev–Trinajstić information content (AvgIpc) is 2.78. The van der Waals surface area contributed by atoms with Crippen molar-refractivity contribution in [3.8, 4) is 17.6 Å². The Morgan fingerprint density at radius 2 is 1.52 bits per heavy atom. The molecule has 0 bridgehead atoms. The summed E-state index contributed by atoms with van der Waals surface area (Å²) in [5.74, 6) is 9.11. The van der Waals surface area contributed by atoms with E-state index in [1.807, 2.05) is 12.1 Å². The summed E-state index contributed by atoms with van der Waals surface area (Å²) in [6.07, 6.45) is 11.0. The highest BCUT2D eigenvalue weighted by atomic mass is 16.5. The molecule has 0 aliphatic heterocycles. The predicted molar refractivity (Wildman–Crippen MR) is 123 cm³/mol. The van der Waals surface area contributed by atoms with Gasteiger partial charge >= 0.3 is 0 Å². The van der Waals surface area contributed by atoms with Crippen LogP contribution in [0.1, 0.15) is 87.8 Å². The van der Waals surface area contributed by atoms with Crippen molar-refractivity contribution in [1.29, 1.82) is 0 Å². The Kier molecular flexibility index (Phi) is 8.69. The number of ether oxygens (including phenoxy) is 1. The normalized spacial score (nSPS) is 18.7. The van der Waals surface area contributed by atoms with E-state index in [2.05, 4.69) is 62.1 Å². The zero-order chi connectivity index (χ0) is 20.3. The van der Waals surface area contributed by atoms with Gasteiger partial charge in [0.15, 0.2) is 0 Å². The van der Waals surface area contributed by atoms with Gasteiger partial charge in [-0.25, -0.2) is 0 Å². The molecule has 29 heavy (non-hydrogen) atoms. The van der Waals surface area contributed by atoms with Crippen LogP contribution in [0, 0.1) is 17.8 Å². The summed E-state index contributed by atoms with van der Waals surface area (Å²) in [5.41, 5.74) is 4.10. The summed E-state index contributed by atoms with van der Waals surface area (Å²) in [4.78, 5) is 0. The summed E-state index contributed by atoms with van der Waals surface area (Å²) in [7, 11) is 0. The number of hydrogen-bond donors (Lipinski definition) is 0. The summed E-state index contributed by atoms with van der Waals surface area (Å²) < 4.78 is 5.73. The lowest BCUT2D eigenvalue weighted by atomic mass is 9.78. The molecule has 0 amide bonds. The zero-order valence-electron chi connectivity index (χ0n) is 18.3. The molecule has 1 nitrogen and oxygen atoms in total. The number of benzene rings is 2. The second kappa shape index (κ2) is 11.7. The first kappa shape index (κ1) is 21.5. The quantitative estimate of drug-likeness (QED) is 0.335. The van der Waals surface area contributed by atoms with Gasteiger partial charge in [-0.05, 0) is 86.3 Å². The highest BCUT2D eigenvalue weighted by Gasteiger charge is 2.21. The third-order valence-electron chi connectivity index (χ3n) is 6.04. The molecular weight excluding hydrogens is 352 g/mol. The van der Waals surface area contributed by atoms with E-state index >= 15 is 0 Å². The van der Waals surface area contributed by atoms with Gasteiger partial charge in [-0.3, -0.25) is 0 Å². The minimum absolute atomic E-state index is 0.538. The molecule has 0 atom stereocenters. The van der Waals surface area contributed by atoms with Crippen molar-refractivity contribution in [2.75, 3.05) is 6.61 Å². The first-order valence-corrected chi connectivity index (χ1v) is 11.6. The first-order chi connectivity index (χ1) is 14.3. The van der Waals surface area contributed by atoms with Crippen LogP contribution in [0.2, 0.25) is 0 Å². The Morgan fingerprint density at radius 1 is 0.828 bits per heavy atom. The lowest BCUT2D eigenvalue weighted by Gasteiger charge is -2.26. The minimum atomic E-state index is 0.538. The second-order valence-corrected chi connectivity index (χ2v) is 8.39. The Morgan fingerprint density at radius 3 is 2.17 bits per heavy atom. The van der Waals surface area contributed by atoms with Gasteiger partial charge in [0.05, 0.1) is 6.61 Å². The maximum Gasteiger partial charge on any atom is 0.119 e. The van der Waals surface area contributed by atoms with Crippen LogP contribution in [0.25, 0.3) is 0 Å². The molecule has 2 aromatic rings. The van der Waals surface area contributed by atoms with Crippen LogP contribution in [-0.4, -0.2) is 6.61 Å². The van der Waals surface area contributed by atoms with Gasteiger partial charge in [0.25, 0.3) is 0 Å². The number of unbranched alkanes of at least 4 members (excludes halogenated alkanes) is 2. The molecule has 1 saturated carbocycles. The molecule has 2 aromatic carbocycles. The van der Waals surface area contributed by atoms with E-state index in [-0.39, 0.29) is 0 Å². The monoisotopic (exact) mass is 388 g/mol. The van der Waals surface area contributed by atoms with Crippen LogP contribution in [-0.2, 0) is 6.42 Å². The number of hydrogen-bond acceptors (Lipinski definition) is 1. The van der Waals surface area contributed by atoms with Crippen LogP contribution in [0.3, 0.4) is 0 Å². The highest BCUT2D eigenvalue weighted by molar-refractivity contribution is 5.38. The Bertz CT molecular complexity index is 768. The molecule has 154 valence electrons. The van der Waals surface area contributed by atoms with E-state index in [1.54, 1.807) is 0 Å². The smallest absolute Gasteiger partial charge is 0.119 e. The summed E-state index contributed by atoms with van der Waals surface area (Å²) in [5, 5.41) is 0. The van der Waals surface area contributed by atoms with Crippen LogP contribution in [0.5, 0.6) is 5.75 Å². The largest absolute Gasteiger partial charge is 0.494 e. The third-order valence-corrected chi connectivity index (χ3v) is 6.04. The van der Waals surface area contributed by atoms with Crippen LogP contribution in [0.15, 0.2) is 48.5 Å². The molecule has 0 heterocycles. The number of aryl methyl sites for hydroxylation is 1. The minimum Gasteiger partial charge on any atom is -0.494 e. The van der Waals surface area contributed by atoms with Gasteiger partial charge in [-0.2, -0.15) is 0 Å². The van der Waals surface area contributed by atoms with Crippen molar-refractivity contribution in [1.82, 2.24) is 0 Å². The molecule has 0 spiro atoms.